The Kier molecular flexibility index (Phi) is 11.0. The molecule has 1 aromatic carbocycles. The van der Waals surface area contributed by atoms with Gasteiger partial charge in [0.25, 0.3) is 0 Å². The standard InChI is InChI=1S/C29H44N6O2S/c1-30-27(36)6-4-3-5-15-34-18-20-35(21-19-34)25-9-7-23(8-10-25)26-11-12-29(38-26)32-28(37)22-31-24-13-16-33(2)17-14-24/h7-12,24,31H,3-6,13-22H2,1-2H3,(H,30,36)(H,32,37). The number of hydrogen-bond acceptors (Lipinski definition) is 7. The number of piperidine rings is 1. The third-order valence-corrected chi connectivity index (χ3v) is 8.73. The molecule has 1 aromatic heterocycles. The van der Waals surface area contributed by atoms with Crippen molar-refractivity contribution in [1.29, 1.82) is 0 Å². The fraction of sp³-hybridized carbons (Fsp3) is 0.586. The molecule has 2 amide bonds. The first kappa shape index (κ1) is 28.5. The van der Waals surface area contributed by atoms with E-state index in [1.807, 2.05) is 6.07 Å². The van der Waals surface area contributed by atoms with Crippen LogP contribution in [-0.2, 0) is 9.59 Å². The molecule has 2 saturated heterocycles. The summed E-state index contributed by atoms with van der Waals surface area (Å²) in [4.78, 5) is 32.2. The maximum Gasteiger partial charge on any atom is 0.238 e. The predicted octanol–water partition coefficient (Wildman–Crippen LogP) is 3.47. The summed E-state index contributed by atoms with van der Waals surface area (Å²) in [5, 5.41) is 10.0. The Hall–Kier alpha value is -2.46. The largest absolute Gasteiger partial charge is 0.369 e. The fourth-order valence-corrected chi connectivity index (χ4v) is 6.11. The Morgan fingerprint density at radius 1 is 0.895 bits per heavy atom. The summed E-state index contributed by atoms with van der Waals surface area (Å²) in [6.45, 7) is 7.90. The molecule has 208 valence electrons. The van der Waals surface area contributed by atoms with Gasteiger partial charge in [0.2, 0.25) is 11.8 Å². The van der Waals surface area contributed by atoms with Crippen molar-refractivity contribution in [3.63, 3.8) is 0 Å². The lowest BCUT2D eigenvalue weighted by Crippen LogP contribution is -2.46. The molecule has 2 aliphatic heterocycles. The molecule has 38 heavy (non-hydrogen) atoms. The average molecular weight is 541 g/mol. The number of anilines is 2. The lowest BCUT2D eigenvalue weighted by Gasteiger charge is -2.36. The second kappa shape index (κ2) is 14.6. The summed E-state index contributed by atoms with van der Waals surface area (Å²) >= 11 is 1.62. The van der Waals surface area contributed by atoms with Crippen molar-refractivity contribution in [1.82, 2.24) is 20.4 Å². The van der Waals surface area contributed by atoms with Gasteiger partial charge in [0.05, 0.1) is 11.5 Å². The Bertz CT molecular complexity index is 1010. The normalized spacial score (nSPS) is 17.5. The lowest BCUT2D eigenvalue weighted by molar-refractivity contribution is -0.120. The second-order valence-electron chi connectivity index (χ2n) is 10.5. The van der Waals surface area contributed by atoms with Crippen LogP contribution in [0.15, 0.2) is 36.4 Å². The molecule has 9 heteroatoms. The number of thiophene rings is 1. The third-order valence-electron chi connectivity index (χ3n) is 7.68. The Morgan fingerprint density at radius 3 is 2.34 bits per heavy atom. The Balaban J connectivity index is 1.16. The number of rotatable bonds is 12. The van der Waals surface area contributed by atoms with E-state index in [-0.39, 0.29) is 11.8 Å². The van der Waals surface area contributed by atoms with Gasteiger partial charge in [0.1, 0.15) is 0 Å². The SMILES string of the molecule is CNC(=O)CCCCCN1CCN(c2ccc(-c3ccc(NC(=O)CNC4CCN(C)CC4)s3)cc2)CC1. The van der Waals surface area contributed by atoms with Gasteiger partial charge >= 0.3 is 0 Å². The second-order valence-corrected chi connectivity index (χ2v) is 11.6. The van der Waals surface area contributed by atoms with Crippen molar-refractivity contribution in [3.8, 4) is 10.4 Å². The summed E-state index contributed by atoms with van der Waals surface area (Å²) in [5.41, 5.74) is 2.45. The maximum atomic E-state index is 12.4. The maximum absolute atomic E-state index is 12.4. The molecule has 3 heterocycles. The molecule has 2 fully saturated rings. The van der Waals surface area contributed by atoms with Crippen LogP contribution in [0.5, 0.6) is 0 Å². The van der Waals surface area contributed by atoms with Crippen LogP contribution >= 0.6 is 11.3 Å². The topological polar surface area (TPSA) is 80.0 Å². The molecule has 0 spiro atoms. The van der Waals surface area contributed by atoms with E-state index >= 15 is 0 Å². The first-order chi connectivity index (χ1) is 18.5. The van der Waals surface area contributed by atoms with Crippen LogP contribution in [-0.4, -0.2) is 94.1 Å². The zero-order valence-corrected chi connectivity index (χ0v) is 23.8. The summed E-state index contributed by atoms with van der Waals surface area (Å²) in [6, 6.07) is 13.3. The number of nitrogens with one attached hydrogen (secondary N) is 3. The van der Waals surface area contributed by atoms with Gasteiger partial charge < -0.3 is 25.8 Å². The lowest BCUT2D eigenvalue weighted by atomic mass is 10.1. The highest BCUT2D eigenvalue weighted by Gasteiger charge is 2.18. The van der Waals surface area contributed by atoms with Gasteiger partial charge in [-0.25, -0.2) is 0 Å². The van der Waals surface area contributed by atoms with E-state index < -0.39 is 0 Å². The molecule has 2 aromatic rings. The van der Waals surface area contributed by atoms with E-state index in [1.54, 1.807) is 18.4 Å². The number of carbonyl (C=O) groups excluding carboxylic acids is 2. The molecule has 0 radical (unpaired) electrons. The number of hydrogen-bond donors (Lipinski definition) is 3. The molecule has 2 aliphatic rings. The predicted molar refractivity (Wildman–Crippen MR) is 158 cm³/mol. The van der Waals surface area contributed by atoms with E-state index in [4.69, 9.17) is 0 Å². The molecular formula is C29H44N6O2S. The summed E-state index contributed by atoms with van der Waals surface area (Å²) in [6.07, 6.45) is 6.07. The zero-order valence-electron chi connectivity index (χ0n) is 23.0. The van der Waals surface area contributed by atoms with Gasteiger partial charge in [0.15, 0.2) is 0 Å². The van der Waals surface area contributed by atoms with Gasteiger partial charge in [-0.3, -0.25) is 14.5 Å². The zero-order chi connectivity index (χ0) is 26.7. The van der Waals surface area contributed by atoms with E-state index in [9.17, 15) is 9.59 Å². The van der Waals surface area contributed by atoms with E-state index in [2.05, 4.69) is 68.0 Å². The van der Waals surface area contributed by atoms with Gasteiger partial charge in [-0.15, -0.1) is 11.3 Å². The number of amides is 2. The first-order valence-corrected chi connectivity index (χ1v) is 14.9. The number of benzene rings is 1. The van der Waals surface area contributed by atoms with Crippen molar-refractivity contribution in [2.24, 2.45) is 0 Å². The van der Waals surface area contributed by atoms with Crippen LogP contribution in [0.25, 0.3) is 10.4 Å². The number of likely N-dealkylation sites (tertiary alicyclic amines) is 1. The van der Waals surface area contributed by atoms with Gasteiger partial charge in [-0.2, -0.15) is 0 Å². The number of unbranched alkanes of at least 4 members (excludes halogenated alkanes) is 2. The minimum atomic E-state index is 0.0238. The molecule has 0 atom stereocenters. The number of piperazine rings is 1. The highest BCUT2D eigenvalue weighted by atomic mass is 32.1. The molecule has 0 aliphatic carbocycles. The molecule has 0 saturated carbocycles. The van der Waals surface area contributed by atoms with E-state index in [0.29, 0.717) is 19.0 Å². The van der Waals surface area contributed by atoms with Gasteiger partial charge in [-0.1, -0.05) is 18.6 Å². The van der Waals surface area contributed by atoms with Gasteiger partial charge in [-0.05, 0) is 82.2 Å². The number of carbonyl (C=O) groups is 2. The minimum absolute atomic E-state index is 0.0238. The van der Waals surface area contributed by atoms with Crippen LogP contribution in [0.3, 0.4) is 0 Å². The fourth-order valence-electron chi connectivity index (χ4n) is 5.18. The van der Waals surface area contributed by atoms with Crippen molar-refractivity contribution < 1.29 is 9.59 Å². The highest BCUT2D eigenvalue weighted by molar-refractivity contribution is 7.19. The summed E-state index contributed by atoms with van der Waals surface area (Å²) in [5.74, 6) is 0.165. The van der Waals surface area contributed by atoms with E-state index in [1.165, 1.54) is 11.3 Å². The minimum Gasteiger partial charge on any atom is -0.369 e. The summed E-state index contributed by atoms with van der Waals surface area (Å²) < 4.78 is 0. The smallest absolute Gasteiger partial charge is 0.238 e. The molecule has 0 unspecified atom stereocenters. The quantitative estimate of drug-likeness (QED) is 0.358. The van der Waals surface area contributed by atoms with Crippen LogP contribution in [0.4, 0.5) is 10.7 Å². The molecule has 8 nitrogen and oxygen atoms in total. The Labute approximate surface area is 231 Å². The van der Waals surface area contributed by atoms with Gasteiger partial charge in [0, 0.05) is 56.3 Å². The average Bonchev–Trinajstić information content (AvgIpc) is 3.41. The van der Waals surface area contributed by atoms with Crippen LogP contribution in [0, 0.1) is 0 Å². The van der Waals surface area contributed by atoms with Crippen molar-refractivity contribution in [2.75, 3.05) is 76.7 Å². The van der Waals surface area contributed by atoms with Crippen LogP contribution < -0.4 is 20.9 Å². The monoisotopic (exact) mass is 540 g/mol. The first-order valence-electron chi connectivity index (χ1n) is 14.1. The molecule has 0 bridgehead atoms. The molecular weight excluding hydrogens is 496 g/mol. The number of nitrogens with zero attached hydrogens (tertiary/aromatic N) is 3. The molecule has 3 N–H and O–H groups in total. The van der Waals surface area contributed by atoms with Crippen molar-refractivity contribution >= 4 is 33.8 Å². The van der Waals surface area contributed by atoms with Crippen LogP contribution in [0.2, 0.25) is 0 Å². The van der Waals surface area contributed by atoms with E-state index in [0.717, 1.165) is 87.8 Å². The summed E-state index contributed by atoms with van der Waals surface area (Å²) in [7, 11) is 3.85. The highest BCUT2D eigenvalue weighted by Crippen LogP contribution is 2.32. The molecule has 4 rings (SSSR count). The van der Waals surface area contributed by atoms with Crippen molar-refractivity contribution in [3.05, 3.63) is 36.4 Å². The third kappa shape index (κ3) is 8.80. The van der Waals surface area contributed by atoms with Crippen LogP contribution in [0.1, 0.15) is 38.5 Å². The van der Waals surface area contributed by atoms with Crippen molar-refractivity contribution in [2.45, 2.75) is 44.6 Å². The Morgan fingerprint density at radius 2 is 1.63 bits per heavy atom.